The second-order valence-electron chi connectivity index (χ2n) is 5.14. The first kappa shape index (κ1) is 16.1. The van der Waals surface area contributed by atoms with E-state index in [4.69, 9.17) is 9.52 Å². The Balaban J connectivity index is 1.91. The third-order valence-corrected chi connectivity index (χ3v) is 3.41. The van der Waals surface area contributed by atoms with Crippen molar-refractivity contribution in [2.75, 3.05) is 0 Å². The highest BCUT2D eigenvalue weighted by molar-refractivity contribution is 5.85. The molecule has 25 heavy (non-hydrogen) atoms. The number of aromatic nitrogens is 1. The molecule has 3 rings (SSSR count). The number of nitrogens with zero attached hydrogens (tertiary/aromatic N) is 2. The van der Waals surface area contributed by atoms with Crippen LogP contribution < -0.4 is 0 Å². The van der Waals surface area contributed by atoms with Crippen molar-refractivity contribution in [2.24, 2.45) is 0 Å². The molecule has 7 nitrogen and oxygen atoms in total. The molecule has 3 aromatic rings. The smallest absolute Gasteiger partial charge is 0.328 e. The Morgan fingerprint density at radius 2 is 1.92 bits per heavy atom. The number of aliphatic carboxylic acids is 1. The van der Waals surface area contributed by atoms with Crippen LogP contribution in [0.15, 0.2) is 65.3 Å². The van der Waals surface area contributed by atoms with Crippen LogP contribution in [0.1, 0.15) is 5.56 Å². The van der Waals surface area contributed by atoms with Crippen LogP contribution in [0.25, 0.3) is 28.8 Å². The van der Waals surface area contributed by atoms with E-state index >= 15 is 0 Å². The van der Waals surface area contributed by atoms with E-state index in [-0.39, 0.29) is 11.6 Å². The fourth-order valence-corrected chi connectivity index (χ4v) is 2.26. The van der Waals surface area contributed by atoms with Crippen LogP contribution >= 0.6 is 0 Å². The lowest BCUT2D eigenvalue weighted by molar-refractivity contribution is -0.384. The van der Waals surface area contributed by atoms with Crippen LogP contribution in [0.4, 0.5) is 5.69 Å². The monoisotopic (exact) mass is 336 g/mol. The van der Waals surface area contributed by atoms with Gasteiger partial charge >= 0.3 is 5.97 Å². The number of rotatable bonds is 5. The number of oxazole rings is 1. The van der Waals surface area contributed by atoms with Crippen molar-refractivity contribution in [3.8, 4) is 22.7 Å². The number of hydrogen-bond donors (Lipinski definition) is 1. The van der Waals surface area contributed by atoms with Gasteiger partial charge in [-0.3, -0.25) is 10.1 Å². The van der Waals surface area contributed by atoms with E-state index in [2.05, 4.69) is 4.98 Å². The van der Waals surface area contributed by atoms with Crippen molar-refractivity contribution in [1.29, 1.82) is 0 Å². The second kappa shape index (κ2) is 6.79. The fourth-order valence-electron chi connectivity index (χ4n) is 2.26. The lowest BCUT2D eigenvalue weighted by Gasteiger charge is -1.98. The van der Waals surface area contributed by atoms with Gasteiger partial charge in [-0.15, -0.1) is 0 Å². The van der Waals surface area contributed by atoms with Gasteiger partial charge in [-0.25, -0.2) is 9.78 Å². The van der Waals surface area contributed by atoms with Crippen molar-refractivity contribution >= 4 is 17.7 Å². The van der Waals surface area contributed by atoms with E-state index in [9.17, 15) is 14.9 Å². The molecule has 0 atom stereocenters. The number of nitro groups is 1. The Hall–Kier alpha value is -3.74. The number of benzene rings is 2. The zero-order chi connectivity index (χ0) is 17.8. The zero-order valence-electron chi connectivity index (χ0n) is 12.8. The Morgan fingerprint density at radius 1 is 1.16 bits per heavy atom. The summed E-state index contributed by atoms with van der Waals surface area (Å²) in [5.74, 6) is -0.759. The predicted octanol–water partition coefficient (Wildman–Crippen LogP) is 4.01. The third kappa shape index (κ3) is 3.78. The molecule has 1 N–H and O–H groups in total. The topological polar surface area (TPSA) is 106 Å². The van der Waals surface area contributed by atoms with Gasteiger partial charge in [0.05, 0.1) is 4.92 Å². The van der Waals surface area contributed by atoms with Crippen LogP contribution in [-0.4, -0.2) is 21.0 Å². The molecule has 124 valence electrons. The molecule has 0 amide bonds. The minimum Gasteiger partial charge on any atom is -0.478 e. The molecular formula is C18H12N2O5. The summed E-state index contributed by atoms with van der Waals surface area (Å²) in [7, 11) is 0. The van der Waals surface area contributed by atoms with E-state index in [0.29, 0.717) is 16.8 Å². The molecule has 0 bridgehead atoms. The molecule has 0 radical (unpaired) electrons. The molecular weight excluding hydrogens is 324 g/mol. The summed E-state index contributed by atoms with van der Waals surface area (Å²) in [5, 5.41) is 19.6. The molecule has 0 fully saturated rings. The maximum absolute atomic E-state index is 10.9. The molecule has 0 aliphatic rings. The van der Waals surface area contributed by atoms with Gasteiger partial charge in [-0.1, -0.05) is 24.3 Å². The van der Waals surface area contributed by atoms with Gasteiger partial charge in [-0.2, -0.15) is 0 Å². The third-order valence-electron chi connectivity index (χ3n) is 3.41. The van der Waals surface area contributed by atoms with Crippen LogP contribution in [0, 0.1) is 10.1 Å². The van der Waals surface area contributed by atoms with Gasteiger partial charge < -0.3 is 9.52 Å². The van der Waals surface area contributed by atoms with Gasteiger partial charge in [0.15, 0.2) is 0 Å². The Bertz CT molecular complexity index is 975. The molecule has 1 aromatic heterocycles. The van der Waals surface area contributed by atoms with Gasteiger partial charge in [0.2, 0.25) is 5.89 Å². The molecule has 0 spiro atoms. The summed E-state index contributed by atoms with van der Waals surface area (Å²) in [5.41, 5.74) is 2.46. The van der Waals surface area contributed by atoms with Crippen LogP contribution in [0.2, 0.25) is 0 Å². The molecule has 1 heterocycles. The van der Waals surface area contributed by atoms with Crippen LogP contribution in [0.5, 0.6) is 0 Å². The van der Waals surface area contributed by atoms with Crippen molar-refractivity contribution in [3.63, 3.8) is 0 Å². The zero-order valence-corrected chi connectivity index (χ0v) is 12.8. The Labute approximate surface area is 142 Å². The molecule has 0 saturated heterocycles. The summed E-state index contributed by atoms with van der Waals surface area (Å²) in [4.78, 5) is 25.3. The number of carboxylic acids is 1. The predicted molar refractivity (Wildman–Crippen MR) is 90.7 cm³/mol. The lowest BCUT2D eigenvalue weighted by Crippen LogP contribution is -1.88. The number of carboxylic acid groups (broad SMARTS) is 1. The summed E-state index contributed by atoms with van der Waals surface area (Å²) < 4.78 is 5.43. The highest BCUT2D eigenvalue weighted by Gasteiger charge is 2.12. The number of non-ortho nitro benzene ring substituents is 1. The van der Waals surface area contributed by atoms with E-state index < -0.39 is 10.9 Å². The maximum Gasteiger partial charge on any atom is 0.328 e. The van der Waals surface area contributed by atoms with Gasteiger partial charge in [-0.05, 0) is 23.8 Å². The number of carbonyl (C=O) groups is 1. The highest BCUT2D eigenvalue weighted by Crippen LogP contribution is 2.27. The van der Waals surface area contributed by atoms with Crippen molar-refractivity contribution in [3.05, 3.63) is 76.5 Å². The summed E-state index contributed by atoms with van der Waals surface area (Å²) in [6, 6.07) is 13.2. The lowest BCUT2D eigenvalue weighted by atomic mass is 10.1. The first-order chi connectivity index (χ1) is 12.0. The second-order valence-corrected chi connectivity index (χ2v) is 5.14. The van der Waals surface area contributed by atoms with Crippen LogP contribution in [0.3, 0.4) is 0 Å². The van der Waals surface area contributed by atoms with E-state index in [1.807, 2.05) is 6.07 Å². The first-order valence-corrected chi connectivity index (χ1v) is 7.25. The number of hydrogen-bond acceptors (Lipinski definition) is 5. The average Bonchev–Trinajstić information content (AvgIpc) is 3.10. The molecule has 7 heteroatoms. The highest BCUT2D eigenvalue weighted by atomic mass is 16.6. The maximum atomic E-state index is 10.9. The molecule has 2 aromatic carbocycles. The standard InChI is InChI=1S/C18H12N2O5/c21-17(22)8-7-12-3-1-4-13(9-12)16-11-25-18(19-16)14-5-2-6-15(10-14)20(23)24/h1-11H,(H,21,22)/b8-7+. The minimum absolute atomic E-state index is 0.0435. The minimum atomic E-state index is -1.03. The Morgan fingerprint density at radius 3 is 2.68 bits per heavy atom. The molecule has 0 saturated carbocycles. The number of nitro benzene ring substituents is 1. The largest absolute Gasteiger partial charge is 0.478 e. The normalized spacial score (nSPS) is 10.9. The average molecular weight is 336 g/mol. The Kier molecular flexibility index (Phi) is 4.38. The molecule has 0 aliphatic carbocycles. The summed E-state index contributed by atoms with van der Waals surface area (Å²) >= 11 is 0. The van der Waals surface area contributed by atoms with Crippen molar-refractivity contribution in [1.82, 2.24) is 4.98 Å². The van der Waals surface area contributed by atoms with Gasteiger partial charge in [0.1, 0.15) is 12.0 Å². The quantitative estimate of drug-likeness (QED) is 0.428. The van der Waals surface area contributed by atoms with Gasteiger partial charge in [0.25, 0.3) is 5.69 Å². The summed E-state index contributed by atoms with van der Waals surface area (Å²) in [6.07, 6.45) is 3.98. The van der Waals surface area contributed by atoms with E-state index in [0.717, 1.165) is 11.6 Å². The molecule has 0 unspecified atom stereocenters. The fraction of sp³-hybridized carbons (Fsp3) is 0. The SMILES string of the molecule is O=C(O)/C=C/c1cccc(-c2coc(-c3cccc([N+](=O)[O-])c3)n2)c1. The van der Waals surface area contributed by atoms with E-state index in [1.54, 1.807) is 30.3 Å². The van der Waals surface area contributed by atoms with Crippen molar-refractivity contribution < 1.29 is 19.2 Å². The first-order valence-electron chi connectivity index (χ1n) is 7.25. The summed E-state index contributed by atoms with van der Waals surface area (Å²) in [6.45, 7) is 0. The van der Waals surface area contributed by atoms with Crippen molar-refractivity contribution in [2.45, 2.75) is 0 Å². The van der Waals surface area contributed by atoms with E-state index in [1.165, 1.54) is 24.5 Å². The van der Waals surface area contributed by atoms with Gasteiger partial charge in [0, 0.05) is 29.3 Å². The molecule has 0 aliphatic heterocycles. The van der Waals surface area contributed by atoms with Crippen LogP contribution in [-0.2, 0) is 4.79 Å².